The van der Waals surface area contributed by atoms with Gasteiger partial charge in [0.15, 0.2) is 5.78 Å². The van der Waals surface area contributed by atoms with Gasteiger partial charge in [-0.25, -0.2) is 4.57 Å². The van der Waals surface area contributed by atoms with Gasteiger partial charge in [0.05, 0.1) is 12.2 Å². The van der Waals surface area contributed by atoms with Gasteiger partial charge >= 0.3 is 7.82 Å². The molecular weight excluding hydrogens is 513 g/mol. The number of carbonyl (C=O) groups excluding carboxylic acids is 2. The number of rotatable bonds is 3. The van der Waals surface area contributed by atoms with Crippen LogP contribution in [0.5, 0.6) is 0 Å². The lowest BCUT2D eigenvalue weighted by Gasteiger charge is -2.72. The van der Waals surface area contributed by atoms with Crippen LogP contribution in [-0.2, 0) is 18.7 Å². The first-order valence-corrected chi connectivity index (χ1v) is 16.2. The molecule has 4 fully saturated rings. The lowest BCUT2D eigenvalue weighted by Crippen LogP contribution is -2.69. The first-order chi connectivity index (χ1) is 17.8. The molecule has 0 aromatic rings. The molecule has 39 heavy (non-hydrogen) atoms. The van der Waals surface area contributed by atoms with Gasteiger partial charge in [-0.15, -0.1) is 0 Å². The van der Waals surface area contributed by atoms with Crippen molar-refractivity contribution in [2.75, 3.05) is 6.61 Å². The Kier molecular flexibility index (Phi) is 6.44. The third-order valence-corrected chi connectivity index (χ3v) is 13.6. The van der Waals surface area contributed by atoms with E-state index >= 15 is 0 Å². The van der Waals surface area contributed by atoms with Gasteiger partial charge in [-0.3, -0.25) is 14.1 Å². The highest BCUT2D eigenvalue weighted by atomic mass is 31.2. The lowest BCUT2D eigenvalue weighted by molar-refractivity contribution is -0.225. The molecule has 0 heterocycles. The maximum Gasteiger partial charge on any atom is 0.469 e. The number of hydrogen-bond donors (Lipinski definition) is 2. The zero-order valence-corrected chi connectivity index (χ0v) is 25.6. The van der Waals surface area contributed by atoms with E-state index in [1.54, 1.807) is 0 Å². The predicted octanol–water partition coefficient (Wildman–Crippen LogP) is 6.40. The molecule has 5 aliphatic carbocycles. The van der Waals surface area contributed by atoms with E-state index in [-0.39, 0.29) is 63.7 Å². The van der Waals surface area contributed by atoms with Crippen molar-refractivity contribution in [1.29, 1.82) is 5.26 Å². The molecule has 0 aliphatic heterocycles. The van der Waals surface area contributed by atoms with Gasteiger partial charge in [0.1, 0.15) is 11.9 Å². The summed E-state index contributed by atoms with van der Waals surface area (Å²) in [5.74, 6) is 0.0325. The summed E-state index contributed by atoms with van der Waals surface area (Å²) in [5, 5.41) is 9.89. The minimum Gasteiger partial charge on any atom is -0.303 e. The Morgan fingerprint density at radius 3 is 2.23 bits per heavy atom. The number of nitrogens with zero attached hydrogens (tertiary/aromatic N) is 1. The predicted molar refractivity (Wildman–Crippen MR) is 147 cm³/mol. The summed E-state index contributed by atoms with van der Waals surface area (Å²) in [5.41, 5.74) is -1.73. The van der Waals surface area contributed by atoms with Crippen molar-refractivity contribution in [2.24, 2.45) is 56.2 Å². The van der Waals surface area contributed by atoms with Crippen LogP contribution < -0.4 is 0 Å². The highest BCUT2D eigenvalue weighted by Crippen LogP contribution is 2.76. The summed E-state index contributed by atoms with van der Waals surface area (Å²) < 4.78 is 17.0. The van der Waals surface area contributed by atoms with Crippen LogP contribution in [0.3, 0.4) is 0 Å². The number of Topliss-reactive ketones (excluding diaryl/α,β-unsaturated/α-hetero) is 2. The number of nitriles is 1. The number of allylic oxidation sites excluding steroid dienone is 2. The first kappa shape index (κ1) is 29.2. The highest BCUT2D eigenvalue weighted by Gasteiger charge is 2.72. The minimum atomic E-state index is -4.64. The fourth-order valence-electron chi connectivity index (χ4n) is 10.9. The molecule has 8 heteroatoms. The van der Waals surface area contributed by atoms with Crippen molar-refractivity contribution in [3.05, 3.63) is 11.6 Å². The van der Waals surface area contributed by atoms with E-state index in [1.165, 1.54) is 0 Å². The van der Waals surface area contributed by atoms with Gasteiger partial charge in [0, 0.05) is 17.8 Å². The number of fused-ring (bicyclic) bond motifs is 7. The minimum absolute atomic E-state index is 0.00283. The number of phosphoric ester groups is 1. The van der Waals surface area contributed by atoms with Crippen LogP contribution in [0.25, 0.3) is 0 Å². The molecule has 2 N–H and O–H groups in total. The van der Waals surface area contributed by atoms with Gasteiger partial charge in [0.2, 0.25) is 0 Å². The lowest BCUT2D eigenvalue weighted by atomic mass is 9.31. The molecule has 216 valence electrons. The van der Waals surface area contributed by atoms with Crippen LogP contribution in [0.2, 0.25) is 0 Å². The third-order valence-electron chi connectivity index (χ3n) is 13.2. The Bertz CT molecular complexity index is 1230. The molecule has 0 amide bonds. The molecule has 0 aromatic carbocycles. The summed E-state index contributed by atoms with van der Waals surface area (Å²) in [6.07, 6.45) is 8.29. The summed E-state index contributed by atoms with van der Waals surface area (Å²) in [6.45, 7) is 15.3. The number of phosphoric acid groups is 1. The van der Waals surface area contributed by atoms with Crippen molar-refractivity contribution in [3.8, 4) is 6.07 Å². The highest BCUT2D eigenvalue weighted by molar-refractivity contribution is 7.46. The second-order valence-corrected chi connectivity index (χ2v) is 17.1. The molecule has 5 aliphatic rings. The monoisotopic (exact) mass is 559 g/mol. The van der Waals surface area contributed by atoms with E-state index < -0.39 is 24.1 Å². The largest absolute Gasteiger partial charge is 0.469 e. The van der Waals surface area contributed by atoms with Gasteiger partial charge in [-0.1, -0.05) is 54.5 Å². The van der Waals surface area contributed by atoms with E-state index in [1.807, 2.05) is 19.9 Å². The van der Waals surface area contributed by atoms with Crippen LogP contribution >= 0.6 is 7.82 Å². The Hall–Kier alpha value is -1.32. The average molecular weight is 560 g/mol. The van der Waals surface area contributed by atoms with Crippen LogP contribution in [0.15, 0.2) is 11.6 Å². The molecule has 4 saturated carbocycles. The molecule has 2 unspecified atom stereocenters. The third kappa shape index (κ3) is 4.03. The van der Waals surface area contributed by atoms with Gasteiger partial charge < -0.3 is 9.79 Å². The van der Waals surface area contributed by atoms with Crippen LogP contribution in [0, 0.1) is 67.5 Å². The fraction of sp³-hybridized carbons (Fsp3) is 0.839. The smallest absolute Gasteiger partial charge is 0.303 e. The average Bonchev–Trinajstić information content (AvgIpc) is 2.81. The second-order valence-electron chi connectivity index (χ2n) is 15.8. The number of carbonyl (C=O) groups is 2. The maximum absolute atomic E-state index is 14.5. The Morgan fingerprint density at radius 2 is 1.62 bits per heavy atom. The summed E-state index contributed by atoms with van der Waals surface area (Å²) in [4.78, 5) is 46.9. The van der Waals surface area contributed by atoms with Crippen molar-refractivity contribution in [3.63, 3.8) is 0 Å². The van der Waals surface area contributed by atoms with E-state index in [0.717, 1.165) is 44.9 Å². The summed E-state index contributed by atoms with van der Waals surface area (Å²) in [7, 11) is -4.64. The van der Waals surface area contributed by atoms with Crippen molar-refractivity contribution < 1.29 is 28.5 Å². The van der Waals surface area contributed by atoms with Crippen molar-refractivity contribution in [1.82, 2.24) is 0 Å². The summed E-state index contributed by atoms with van der Waals surface area (Å²) in [6, 6.07) is 2.18. The first-order valence-electron chi connectivity index (χ1n) is 14.7. The Labute approximate surface area is 233 Å². The second kappa shape index (κ2) is 8.60. The van der Waals surface area contributed by atoms with Crippen LogP contribution in [0.4, 0.5) is 0 Å². The molecular formula is C31H46NO6P. The fourth-order valence-corrected chi connectivity index (χ4v) is 11.3. The zero-order chi connectivity index (χ0) is 29.0. The van der Waals surface area contributed by atoms with Crippen molar-refractivity contribution in [2.45, 2.75) is 99.8 Å². The molecule has 0 bridgehead atoms. The molecule has 0 spiro atoms. The zero-order valence-electron chi connectivity index (χ0n) is 24.7. The van der Waals surface area contributed by atoms with Crippen LogP contribution in [0.1, 0.15) is 99.8 Å². The van der Waals surface area contributed by atoms with Gasteiger partial charge in [0.25, 0.3) is 0 Å². The van der Waals surface area contributed by atoms with E-state index in [0.29, 0.717) is 6.42 Å². The van der Waals surface area contributed by atoms with Crippen molar-refractivity contribution >= 4 is 19.4 Å². The Morgan fingerprint density at radius 1 is 0.974 bits per heavy atom. The standard InChI is InChI=1S/C31H46NO6P/c1-26(2)10-12-31(18-38-39(35,36)37)13-11-30(7)24(20(31)16-26)21(33)14-23-28(5)15-19(17-32)25(34)27(3,4)22(28)8-9-29(23,30)6/h15,20,22-24H,8-14,16,18H2,1-7H3,(H2,35,36,37)/t20?,22-,23+,24?,28-,29+,30+,31+/m0/s1. The molecule has 8 atom stereocenters. The van der Waals surface area contributed by atoms with Crippen LogP contribution in [-0.4, -0.2) is 28.0 Å². The molecule has 0 radical (unpaired) electrons. The molecule has 0 saturated heterocycles. The molecule has 5 rings (SSSR count). The quantitative estimate of drug-likeness (QED) is 0.384. The van der Waals surface area contributed by atoms with E-state index in [4.69, 9.17) is 4.52 Å². The van der Waals surface area contributed by atoms with E-state index in [2.05, 4.69) is 40.7 Å². The SMILES string of the molecule is CC1(C)CC[C@]2(COP(=O)(O)O)CC[C@]3(C)C(C(=O)C[C@@H]4[C@@]5(C)C=C(C#N)C(=O)C(C)(C)[C@@H]5CC[C@]43C)C2C1. The normalized spacial score (nSPS) is 46.6. The molecule has 7 nitrogen and oxygen atoms in total. The number of ketones is 2. The molecule has 0 aromatic heterocycles. The van der Waals surface area contributed by atoms with Gasteiger partial charge in [-0.2, -0.15) is 5.26 Å². The van der Waals surface area contributed by atoms with Gasteiger partial charge in [-0.05, 0) is 89.8 Å². The summed E-state index contributed by atoms with van der Waals surface area (Å²) >= 11 is 0. The van der Waals surface area contributed by atoms with E-state index in [9.17, 15) is 29.2 Å². The number of hydrogen-bond acceptors (Lipinski definition) is 5. The maximum atomic E-state index is 14.5. The topological polar surface area (TPSA) is 125 Å². The Balaban J connectivity index is 1.60.